The van der Waals surface area contributed by atoms with Crippen LogP contribution in [0.1, 0.15) is 26.7 Å². The predicted octanol–water partition coefficient (Wildman–Crippen LogP) is 2.23. The Bertz CT molecular complexity index is 288. The van der Waals surface area contributed by atoms with Crippen molar-refractivity contribution in [2.24, 2.45) is 22.7 Å². The van der Waals surface area contributed by atoms with Crippen LogP contribution in [0.3, 0.4) is 0 Å². The van der Waals surface area contributed by atoms with Gasteiger partial charge in [0.15, 0.2) is 0 Å². The fourth-order valence-corrected chi connectivity index (χ4v) is 4.82. The van der Waals surface area contributed by atoms with Gasteiger partial charge < -0.3 is 0 Å². The van der Waals surface area contributed by atoms with Gasteiger partial charge in [0.25, 0.3) is 0 Å². The summed E-state index contributed by atoms with van der Waals surface area (Å²) >= 11 is 6.24. The summed E-state index contributed by atoms with van der Waals surface area (Å²) in [6.45, 7) is 4.32. The average Bonchev–Trinajstić information content (AvgIpc) is 2.30. The van der Waals surface area contributed by atoms with Crippen molar-refractivity contribution in [3.63, 3.8) is 0 Å². The van der Waals surface area contributed by atoms with E-state index in [-0.39, 0.29) is 16.2 Å². The first-order valence-electron chi connectivity index (χ1n) is 4.73. The summed E-state index contributed by atoms with van der Waals surface area (Å²) < 4.78 is 0. The van der Waals surface area contributed by atoms with E-state index in [1.54, 1.807) is 0 Å². The van der Waals surface area contributed by atoms with Crippen molar-refractivity contribution in [1.29, 1.82) is 0 Å². The molecule has 0 aromatic heterocycles. The van der Waals surface area contributed by atoms with E-state index in [0.717, 1.165) is 6.42 Å². The van der Waals surface area contributed by atoms with Gasteiger partial charge in [-0.1, -0.05) is 13.8 Å². The maximum Gasteiger partial charge on any atom is 0.144 e. The first-order chi connectivity index (χ1) is 5.54. The zero-order chi connectivity index (χ0) is 8.72. The molecule has 0 saturated heterocycles. The normalized spacial score (nSPS) is 66.9. The third-order valence-corrected chi connectivity index (χ3v) is 5.85. The number of carbonyl (C=O) groups is 1. The number of ketones is 1. The molecule has 3 aliphatic rings. The number of halogens is 1. The highest BCUT2D eigenvalue weighted by molar-refractivity contribution is 6.26. The molecule has 3 saturated carbocycles. The van der Waals surface area contributed by atoms with Gasteiger partial charge in [-0.15, -0.1) is 11.6 Å². The van der Waals surface area contributed by atoms with E-state index in [1.165, 1.54) is 6.42 Å². The van der Waals surface area contributed by atoms with Crippen LogP contribution in [0.4, 0.5) is 0 Å². The molecule has 0 aliphatic heterocycles. The summed E-state index contributed by atoms with van der Waals surface area (Å²) in [7, 11) is 0. The summed E-state index contributed by atoms with van der Waals surface area (Å²) in [4.78, 5) is 11.7. The zero-order valence-corrected chi connectivity index (χ0v) is 8.19. The van der Waals surface area contributed by atoms with Crippen molar-refractivity contribution >= 4 is 17.4 Å². The average molecular weight is 185 g/mol. The fraction of sp³-hybridized carbons (Fsp3) is 0.900. The lowest BCUT2D eigenvalue weighted by Gasteiger charge is -2.71. The van der Waals surface area contributed by atoms with E-state index in [0.29, 0.717) is 17.6 Å². The second-order valence-electron chi connectivity index (χ2n) is 4.99. The summed E-state index contributed by atoms with van der Waals surface area (Å²) in [5.41, 5.74) is 0.136. The molecule has 0 spiro atoms. The molecule has 66 valence electrons. The molecule has 5 atom stereocenters. The minimum Gasteiger partial charge on any atom is -0.299 e. The predicted molar refractivity (Wildman–Crippen MR) is 47.1 cm³/mol. The second-order valence-corrected chi connectivity index (χ2v) is 5.46. The Kier molecular flexibility index (Phi) is 0.991. The van der Waals surface area contributed by atoms with Crippen LogP contribution >= 0.6 is 11.6 Å². The van der Waals surface area contributed by atoms with Gasteiger partial charge in [0.05, 0.1) is 0 Å². The Balaban J connectivity index is 2.13. The van der Waals surface area contributed by atoms with E-state index in [4.69, 9.17) is 11.6 Å². The molecule has 1 nitrogen and oxygen atoms in total. The van der Waals surface area contributed by atoms with Crippen molar-refractivity contribution in [3.8, 4) is 0 Å². The van der Waals surface area contributed by atoms with Crippen LogP contribution in [0.2, 0.25) is 0 Å². The molecule has 3 aliphatic carbocycles. The minimum atomic E-state index is -0.152. The minimum absolute atomic E-state index is 0.133. The Morgan fingerprint density at radius 1 is 1.42 bits per heavy atom. The summed E-state index contributed by atoms with van der Waals surface area (Å²) in [5, 5.41) is 0.133. The summed E-state index contributed by atoms with van der Waals surface area (Å²) in [5.74, 6) is 1.44. The lowest BCUT2D eigenvalue weighted by Crippen LogP contribution is -2.77. The van der Waals surface area contributed by atoms with E-state index in [2.05, 4.69) is 13.8 Å². The number of Topliss-reactive ketones (excluding diaryl/α,β-unsaturated/α-hetero) is 1. The molecular formula is C10H13ClO. The van der Waals surface area contributed by atoms with Crippen LogP contribution in [0, 0.1) is 22.7 Å². The Hall–Kier alpha value is -0.0400. The van der Waals surface area contributed by atoms with E-state index in [1.807, 2.05) is 0 Å². The van der Waals surface area contributed by atoms with Gasteiger partial charge in [0.1, 0.15) is 5.78 Å². The van der Waals surface area contributed by atoms with Gasteiger partial charge in [0, 0.05) is 16.7 Å². The Morgan fingerprint density at radius 3 is 2.75 bits per heavy atom. The molecule has 0 amide bonds. The van der Waals surface area contributed by atoms with Crippen LogP contribution in [0.25, 0.3) is 0 Å². The molecule has 12 heavy (non-hydrogen) atoms. The summed E-state index contributed by atoms with van der Waals surface area (Å²) in [6, 6.07) is 0. The van der Waals surface area contributed by atoms with Crippen molar-refractivity contribution in [2.45, 2.75) is 32.1 Å². The number of carbonyl (C=O) groups excluding carboxylic acids is 1. The molecule has 0 heterocycles. The van der Waals surface area contributed by atoms with Crippen molar-refractivity contribution in [3.05, 3.63) is 0 Å². The molecule has 0 radical (unpaired) electrons. The smallest absolute Gasteiger partial charge is 0.144 e. The topological polar surface area (TPSA) is 17.1 Å². The molecule has 0 bridgehead atoms. The quantitative estimate of drug-likeness (QED) is 0.528. The van der Waals surface area contributed by atoms with Crippen LogP contribution < -0.4 is 0 Å². The van der Waals surface area contributed by atoms with Gasteiger partial charge in [-0.05, 0) is 24.2 Å². The van der Waals surface area contributed by atoms with E-state index in [9.17, 15) is 4.79 Å². The highest BCUT2D eigenvalue weighted by atomic mass is 35.5. The second kappa shape index (κ2) is 1.61. The van der Waals surface area contributed by atoms with Crippen molar-refractivity contribution < 1.29 is 4.79 Å². The Labute approximate surface area is 77.5 Å². The third kappa shape index (κ3) is 0.379. The van der Waals surface area contributed by atoms with Gasteiger partial charge >= 0.3 is 0 Å². The SMILES string of the molecule is CC12C(=O)C3CCC(C1Cl)C32C. The number of hydrogen-bond acceptors (Lipinski definition) is 1. The molecule has 2 heteroatoms. The van der Waals surface area contributed by atoms with Gasteiger partial charge in [0.2, 0.25) is 0 Å². The Morgan fingerprint density at radius 2 is 2.08 bits per heavy atom. The maximum absolute atomic E-state index is 11.7. The third-order valence-electron chi connectivity index (χ3n) is 5.11. The van der Waals surface area contributed by atoms with Crippen LogP contribution in [-0.4, -0.2) is 11.2 Å². The molecule has 3 rings (SSSR count). The molecule has 5 unspecified atom stereocenters. The summed E-state index contributed by atoms with van der Waals surface area (Å²) in [6.07, 6.45) is 2.27. The number of rotatable bonds is 0. The molecular weight excluding hydrogens is 172 g/mol. The molecule has 0 aromatic rings. The van der Waals surface area contributed by atoms with Crippen LogP contribution in [0.15, 0.2) is 0 Å². The molecule has 0 aromatic carbocycles. The van der Waals surface area contributed by atoms with Gasteiger partial charge in [-0.2, -0.15) is 0 Å². The van der Waals surface area contributed by atoms with Crippen LogP contribution in [0.5, 0.6) is 0 Å². The van der Waals surface area contributed by atoms with E-state index >= 15 is 0 Å². The van der Waals surface area contributed by atoms with Gasteiger partial charge in [-0.25, -0.2) is 0 Å². The molecule has 0 N–H and O–H groups in total. The lowest BCUT2D eigenvalue weighted by atomic mass is 9.32. The fourth-order valence-electron chi connectivity index (χ4n) is 4.09. The number of alkyl halides is 1. The monoisotopic (exact) mass is 184 g/mol. The number of hydrogen-bond donors (Lipinski definition) is 0. The largest absolute Gasteiger partial charge is 0.299 e. The highest BCUT2D eigenvalue weighted by Crippen LogP contribution is 2.80. The van der Waals surface area contributed by atoms with Crippen molar-refractivity contribution in [1.82, 2.24) is 0 Å². The zero-order valence-electron chi connectivity index (χ0n) is 7.43. The van der Waals surface area contributed by atoms with E-state index < -0.39 is 0 Å². The first-order valence-corrected chi connectivity index (χ1v) is 5.16. The molecule has 3 fully saturated rings. The van der Waals surface area contributed by atoms with Crippen molar-refractivity contribution in [2.75, 3.05) is 0 Å². The first kappa shape index (κ1) is 7.37. The van der Waals surface area contributed by atoms with Crippen LogP contribution in [-0.2, 0) is 4.79 Å². The maximum atomic E-state index is 11.7. The lowest BCUT2D eigenvalue weighted by molar-refractivity contribution is -0.208. The van der Waals surface area contributed by atoms with Gasteiger partial charge in [-0.3, -0.25) is 4.79 Å². The highest BCUT2D eigenvalue weighted by Gasteiger charge is 2.83. The standard InChI is InChI=1S/C10H13ClO/c1-9-5-3-4-6(9)8(12)10(9,2)7(5)11/h5-7H,3-4H2,1-2H3.